The van der Waals surface area contributed by atoms with Crippen molar-refractivity contribution in [1.29, 1.82) is 0 Å². The molecule has 3 aromatic rings. The van der Waals surface area contributed by atoms with Crippen molar-refractivity contribution in [2.75, 3.05) is 0 Å². The number of hydrogen-bond donors (Lipinski definition) is 0. The van der Waals surface area contributed by atoms with Gasteiger partial charge in [0.2, 0.25) is 0 Å². The molecular formula is C33H39N2OPRu+. The second-order valence-corrected chi connectivity index (χ2v) is 13.2. The van der Waals surface area contributed by atoms with E-state index in [9.17, 15) is 0 Å². The van der Waals surface area contributed by atoms with Gasteiger partial charge in [-0.1, -0.05) is 110 Å². The van der Waals surface area contributed by atoms with Gasteiger partial charge in [0.15, 0.2) is 0 Å². The summed E-state index contributed by atoms with van der Waals surface area (Å²) in [5.74, 6) is 2.70. The molecule has 1 aliphatic carbocycles. The monoisotopic (exact) mass is 612 g/mol. The molecule has 2 aromatic carbocycles. The Morgan fingerprint density at radius 3 is 1.32 bits per heavy atom. The van der Waals surface area contributed by atoms with Crippen LogP contribution in [0.25, 0.3) is 0 Å². The third-order valence-corrected chi connectivity index (χ3v) is 9.33. The zero-order valence-electron chi connectivity index (χ0n) is 23.2. The SMILES string of the molecule is CC(C)P(C(C)C)C(C)C.[C-]#CC(c1ccccc1)(c1ccccc1)n1cccn1.[C-]#[O+].[CH]1[CH][CH][CH][CH]1.[Ru+2]. The molecule has 5 heteroatoms. The van der Waals surface area contributed by atoms with Crippen molar-refractivity contribution < 1.29 is 24.1 Å². The van der Waals surface area contributed by atoms with E-state index in [0.717, 1.165) is 28.1 Å². The van der Waals surface area contributed by atoms with E-state index in [1.165, 1.54) is 0 Å². The van der Waals surface area contributed by atoms with Gasteiger partial charge >= 0.3 is 30.8 Å². The third-order valence-electron chi connectivity index (χ3n) is 5.76. The maximum atomic E-state index is 7.95. The fourth-order valence-corrected chi connectivity index (χ4v) is 8.15. The molecule has 1 fully saturated rings. The molecule has 1 aromatic heterocycles. The fraction of sp³-hybridized carbons (Fsp3) is 0.303. The Balaban J connectivity index is 0.000000637. The molecule has 4 rings (SSSR count). The topological polar surface area (TPSA) is 37.7 Å². The Hall–Kier alpha value is -2.00. The number of benzene rings is 2. The summed E-state index contributed by atoms with van der Waals surface area (Å²) < 4.78 is 9.27. The van der Waals surface area contributed by atoms with Gasteiger partial charge in [-0.2, -0.15) is 5.10 Å². The Labute approximate surface area is 246 Å². The van der Waals surface area contributed by atoms with Crippen LogP contribution in [0.4, 0.5) is 0 Å². The van der Waals surface area contributed by atoms with Crippen LogP contribution in [-0.2, 0) is 29.7 Å². The normalized spacial score (nSPS) is 12.3. The van der Waals surface area contributed by atoms with Gasteiger partial charge in [0, 0.05) is 12.4 Å². The summed E-state index contributed by atoms with van der Waals surface area (Å²) >= 11 is 0. The number of rotatable bonds is 6. The van der Waals surface area contributed by atoms with Gasteiger partial charge < -0.3 is 12.3 Å². The van der Waals surface area contributed by atoms with E-state index in [1.54, 1.807) is 10.9 Å². The van der Waals surface area contributed by atoms with Crippen LogP contribution in [-0.4, -0.2) is 26.8 Å². The standard InChI is InChI=1S/C18H13N2.C9H21P.C5H5.CO.Ru/c1-2-18(20-15-9-14-19-20,16-10-5-3-6-11-16)17-12-7-4-8-13-17;1-7(2)10(8(3)4)9(5)6;1-2-4-5-3-1;1-2;/h3-15H;7-9H,1-6H3;1-5H;;/q-1;;;;+2. The van der Waals surface area contributed by atoms with E-state index in [4.69, 9.17) is 11.1 Å². The summed E-state index contributed by atoms with van der Waals surface area (Å²) in [6.45, 7) is 18.6. The fourth-order valence-electron chi connectivity index (χ4n) is 4.57. The van der Waals surface area contributed by atoms with Crippen LogP contribution >= 0.6 is 7.92 Å². The van der Waals surface area contributed by atoms with Crippen LogP contribution in [0.3, 0.4) is 0 Å². The predicted octanol–water partition coefficient (Wildman–Crippen LogP) is 7.94. The molecule has 0 aliphatic heterocycles. The van der Waals surface area contributed by atoms with Crippen molar-refractivity contribution in [2.24, 2.45) is 0 Å². The van der Waals surface area contributed by atoms with Crippen molar-refractivity contribution in [1.82, 2.24) is 9.78 Å². The minimum atomic E-state index is -0.827. The van der Waals surface area contributed by atoms with Gasteiger partial charge in [0.05, 0.1) is 0 Å². The van der Waals surface area contributed by atoms with Crippen LogP contribution in [0.2, 0.25) is 0 Å². The number of hydrogen-bond acceptors (Lipinski definition) is 1. The number of aromatic nitrogens is 2. The molecule has 0 amide bonds. The van der Waals surface area contributed by atoms with E-state index in [-0.39, 0.29) is 27.4 Å². The maximum absolute atomic E-state index is 7.95. The van der Waals surface area contributed by atoms with Gasteiger partial charge in [-0.25, -0.2) is 4.68 Å². The van der Waals surface area contributed by atoms with Gasteiger partial charge in [-0.15, -0.1) is 0 Å². The minimum absolute atomic E-state index is 0. The molecule has 3 nitrogen and oxygen atoms in total. The van der Waals surface area contributed by atoms with Gasteiger partial charge in [0.1, 0.15) is 5.54 Å². The molecule has 5 radical (unpaired) electrons. The van der Waals surface area contributed by atoms with Crippen molar-refractivity contribution >= 4 is 7.92 Å². The summed E-state index contributed by atoms with van der Waals surface area (Å²) in [4.78, 5) is 0. The van der Waals surface area contributed by atoms with E-state index >= 15 is 0 Å². The van der Waals surface area contributed by atoms with Crippen molar-refractivity contribution in [3.63, 3.8) is 0 Å². The molecule has 0 spiro atoms. The summed E-state index contributed by atoms with van der Waals surface area (Å²) in [7, 11) is 0.262. The third kappa shape index (κ3) is 10.6. The molecule has 0 N–H and O–H groups in total. The van der Waals surface area contributed by atoms with Gasteiger partial charge in [0.25, 0.3) is 0 Å². The van der Waals surface area contributed by atoms with E-state index in [1.807, 2.05) is 105 Å². The molecular weight excluding hydrogens is 572 g/mol. The van der Waals surface area contributed by atoms with E-state index in [2.05, 4.69) is 59.2 Å². The van der Waals surface area contributed by atoms with E-state index in [0.29, 0.717) is 0 Å². The number of nitrogens with zero attached hydrogens (tertiary/aromatic N) is 2. The Bertz CT molecular complexity index is 955. The maximum Gasteiger partial charge on any atom is 2.00 e. The molecule has 199 valence electrons. The predicted molar refractivity (Wildman–Crippen MR) is 156 cm³/mol. The molecule has 1 aliphatic rings. The van der Waals surface area contributed by atoms with Crippen LogP contribution < -0.4 is 0 Å². The van der Waals surface area contributed by atoms with E-state index < -0.39 is 5.54 Å². The Morgan fingerprint density at radius 1 is 0.711 bits per heavy atom. The molecule has 0 atom stereocenters. The molecule has 1 saturated carbocycles. The quantitative estimate of drug-likeness (QED) is 0.0917. The van der Waals surface area contributed by atoms with Crippen LogP contribution in [0, 0.1) is 51.1 Å². The van der Waals surface area contributed by atoms with Crippen molar-refractivity contribution in [3.8, 4) is 5.92 Å². The molecule has 1 heterocycles. The zero-order chi connectivity index (χ0) is 27.7. The van der Waals surface area contributed by atoms with Crippen molar-refractivity contribution in [3.05, 3.63) is 135 Å². The first kappa shape index (κ1) is 36.0. The smallest absolute Gasteiger partial charge is 0.0312 e. The summed E-state index contributed by atoms with van der Waals surface area (Å²) in [5.41, 5.74) is 3.79. The first-order chi connectivity index (χ1) is 17.8. The first-order valence-corrected chi connectivity index (χ1v) is 14.1. The van der Waals surface area contributed by atoms with Crippen molar-refractivity contribution in [2.45, 2.75) is 64.1 Å². The molecule has 0 unspecified atom stereocenters. The summed E-state index contributed by atoms with van der Waals surface area (Å²) in [5, 5.41) is 4.35. The summed E-state index contributed by atoms with van der Waals surface area (Å²) in [6, 6.07) is 21.6. The Morgan fingerprint density at radius 2 is 1.08 bits per heavy atom. The van der Waals surface area contributed by atoms with Crippen LogP contribution in [0.15, 0.2) is 79.1 Å². The average Bonchev–Trinajstić information content (AvgIpc) is 3.65. The van der Waals surface area contributed by atoms with Gasteiger partial charge in [-0.3, -0.25) is 0 Å². The molecule has 0 saturated heterocycles. The van der Waals surface area contributed by atoms with Crippen LogP contribution in [0.5, 0.6) is 0 Å². The second-order valence-electron chi connectivity index (χ2n) is 9.21. The van der Waals surface area contributed by atoms with Gasteiger partial charge in [-0.05, 0) is 66.3 Å². The summed E-state index contributed by atoms with van der Waals surface area (Å²) in [6.07, 6.45) is 21.5. The second kappa shape index (κ2) is 20.0. The molecule has 38 heavy (non-hydrogen) atoms. The molecule has 0 bridgehead atoms. The zero-order valence-corrected chi connectivity index (χ0v) is 25.9. The largest absolute Gasteiger partial charge is 2.00 e. The van der Waals surface area contributed by atoms with Crippen LogP contribution in [0.1, 0.15) is 52.7 Å². The Kier molecular flexibility index (Phi) is 18.9. The minimum Gasteiger partial charge on any atom is -0.0312 e. The average molecular weight is 612 g/mol. The first-order valence-electron chi connectivity index (χ1n) is 12.5.